The quantitative estimate of drug-likeness (QED) is 0.810. The van der Waals surface area contributed by atoms with Crippen LogP contribution in [0.5, 0.6) is 17.2 Å². The molecule has 1 atom stereocenters. The number of ether oxygens (including phenoxy) is 3. The molecular formula is C18H25NO6. The Morgan fingerprint density at radius 3 is 2.24 bits per heavy atom. The van der Waals surface area contributed by atoms with Gasteiger partial charge < -0.3 is 24.2 Å². The van der Waals surface area contributed by atoms with Crippen molar-refractivity contribution in [3.8, 4) is 17.2 Å². The number of aryl methyl sites for hydroxylation is 1. The van der Waals surface area contributed by atoms with E-state index in [-0.39, 0.29) is 12.3 Å². The zero-order valence-corrected chi connectivity index (χ0v) is 15.1. The standard InChI is InChI=1S/C18H25NO6/c1-18(17(21)22)8-5-9-19(18)15(20)7-6-12-10-13(23-2)16(25-4)14(11-12)24-3/h10-11H,5-9H2,1-4H3,(H,21,22). The molecule has 7 heteroatoms. The van der Waals surface area contributed by atoms with Gasteiger partial charge in [0.2, 0.25) is 11.7 Å². The van der Waals surface area contributed by atoms with Crippen LogP contribution in [-0.4, -0.2) is 55.3 Å². The van der Waals surface area contributed by atoms with E-state index in [1.807, 2.05) is 0 Å². The summed E-state index contributed by atoms with van der Waals surface area (Å²) in [7, 11) is 4.60. The van der Waals surface area contributed by atoms with E-state index in [4.69, 9.17) is 14.2 Å². The molecule has 25 heavy (non-hydrogen) atoms. The first-order valence-electron chi connectivity index (χ1n) is 8.20. The smallest absolute Gasteiger partial charge is 0.329 e. The molecule has 1 aromatic rings. The Hall–Kier alpha value is -2.44. The number of carboxylic acids is 1. The van der Waals surface area contributed by atoms with E-state index in [0.29, 0.717) is 43.1 Å². The lowest BCUT2D eigenvalue weighted by atomic mass is 9.98. The van der Waals surface area contributed by atoms with Gasteiger partial charge in [-0.25, -0.2) is 4.79 Å². The molecule has 2 rings (SSSR count). The number of carbonyl (C=O) groups is 2. The number of nitrogens with zero attached hydrogens (tertiary/aromatic N) is 1. The fourth-order valence-electron chi connectivity index (χ4n) is 3.25. The zero-order chi connectivity index (χ0) is 18.6. The lowest BCUT2D eigenvalue weighted by Gasteiger charge is -2.31. The molecule has 0 aliphatic carbocycles. The topological polar surface area (TPSA) is 85.3 Å². The predicted molar refractivity (Wildman–Crippen MR) is 91.4 cm³/mol. The summed E-state index contributed by atoms with van der Waals surface area (Å²) in [5.41, 5.74) is -0.245. The molecule has 0 bridgehead atoms. The number of aliphatic carboxylic acids is 1. The molecule has 1 fully saturated rings. The van der Waals surface area contributed by atoms with Gasteiger partial charge in [-0.3, -0.25) is 4.79 Å². The van der Waals surface area contributed by atoms with Crippen molar-refractivity contribution in [2.24, 2.45) is 0 Å². The van der Waals surface area contributed by atoms with E-state index >= 15 is 0 Å². The number of carboxylic acid groups (broad SMARTS) is 1. The van der Waals surface area contributed by atoms with Gasteiger partial charge in [-0.2, -0.15) is 0 Å². The van der Waals surface area contributed by atoms with E-state index in [2.05, 4.69) is 0 Å². The van der Waals surface area contributed by atoms with Crippen LogP contribution >= 0.6 is 0 Å². The minimum Gasteiger partial charge on any atom is -0.493 e. The third kappa shape index (κ3) is 3.65. The van der Waals surface area contributed by atoms with Crippen molar-refractivity contribution in [2.45, 2.75) is 38.1 Å². The van der Waals surface area contributed by atoms with Gasteiger partial charge in [0.1, 0.15) is 5.54 Å². The van der Waals surface area contributed by atoms with E-state index < -0.39 is 11.5 Å². The van der Waals surface area contributed by atoms with Crippen LogP contribution in [0.3, 0.4) is 0 Å². The van der Waals surface area contributed by atoms with Gasteiger partial charge in [0.05, 0.1) is 21.3 Å². The fraction of sp³-hybridized carbons (Fsp3) is 0.556. The molecular weight excluding hydrogens is 326 g/mol. The summed E-state index contributed by atoms with van der Waals surface area (Å²) < 4.78 is 15.9. The molecule has 1 unspecified atom stereocenters. The molecule has 1 aromatic carbocycles. The molecule has 1 amide bonds. The van der Waals surface area contributed by atoms with E-state index in [1.165, 1.54) is 26.2 Å². The van der Waals surface area contributed by atoms with E-state index in [9.17, 15) is 14.7 Å². The number of hydrogen-bond acceptors (Lipinski definition) is 5. The van der Waals surface area contributed by atoms with Crippen molar-refractivity contribution in [2.75, 3.05) is 27.9 Å². The average Bonchev–Trinajstić information content (AvgIpc) is 3.01. The highest BCUT2D eigenvalue weighted by Crippen LogP contribution is 2.38. The molecule has 0 saturated carbocycles. The number of methoxy groups -OCH3 is 3. The summed E-state index contributed by atoms with van der Waals surface area (Å²) in [5.74, 6) is 0.446. The molecule has 1 aliphatic rings. The number of amides is 1. The molecule has 1 saturated heterocycles. The van der Waals surface area contributed by atoms with E-state index in [1.54, 1.807) is 19.1 Å². The fourth-order valence-corrected chi connectivity index (χ4v) is 3.25. The Morgan fingerprint density at radius 1 is 1.16 bits per heavy atom. The van der Waals surface area contributed by atoms with Crippen molar-refractivity contribution < 1.29 is 28.9 Å². The van der Waals surface area contributed by atoms with Crippen LogP contribution in [0.25, 0.3) is 0 Å². The maximum atomic E-state index is 12.5. The predicted octanol–water partition coefficient (Wildman–Crippen LogP) is 2.11. The number of carbonyl (C=O) groups excluding carboxylic acids is 1. The van der Waals surface area contributed by atoms with Crippen molar-refractivity contribution in [3.63, 3.8) is 0 Å². The van der Waals surface area contributed by atoms with Gasteiger partial charge in [0.15, 0.2) is 11.5 Å². The number of benzene rings is 1. The molecule has 0 spiro atoms. The minimum absolute atomic E-state index is 0.156. The summed E-state index contributed by atoms with van der Waals surface area (Å²) >= 11 is 0. The Balaban J connectivity index is 2.13. The van der Waals surface area contributed by atoms with Crippen LogP contribution in [-0.2, 0) is 16.0 Å². The van der Waals surface area contributed by atoms with Gasteiger partial charge in [0, 0.05) is 13.0 Å². The molecule has 0 radical (unpaired) electrons. The molecule has 138 valence electrons. The van der Waals surface area contributed by atoms with Gasteiger partial charge in [0.25, 0.3) is 0 Å². The largest absolute Gasteiger partial charge is 0.493 e. The molecule has 7 nitrogen and oxygen atoms in total. The minimum atomic E-state index is -1.10. The van der Waals surface area contributed by atoms with Crippen LogP contribution < -0.4 is 14.2 Å². The van der Waals surface area contributed by atoms with Crippen LogP contribution in [0.15, 0.2) is 12.1 Å². The lowest BCUT2D eigenvalue weighted by Crippen LogP contribution is -2.50. The maximum absolute atomic E-state index is 12.5. The average molecular weight is 351 g/mol. The Bertz CT molecular complexity index is 634. The van der Waals surface area contributed by atoms with Crippen molar-refractivity contribution in [1.29, 1.82) is 0 Å². The third-order valence-electron chi connectivity index (χ3n) is 4.75. The normalized spacial score (nSPS) is 19.6. The molecule has 1 N–H and O–H groups in total. The van der Waals surface area contributed by atoms with Crippen molar-refractivity contribution in [3.05, 3.63) is 17.7 Å². The van der Waals surface area contributed by atoms with Gasteiger partial charge in [-0.15, -0.1) is 0 Å². The summed E-state index contributed by atoms with van der Waals surface area (Å²) in [4.78, 5) is 25.5. The highest BCUT2D eigenvalue weighted by Gasteiger charge is 2.45. The zero-order valence-electron chi connectivity index (χ0n) is 15.1. The first kappa shape index (κ1) is 18.9. The summed E-state index contributed by atoms with van der Waals surface area (Å²) in [5, 5.41) is 9.43. The van der Waals surface area contributed by atoms with Crippen molar-refractivity contribution >= 4 is 11.9 Å². The van der Waals surface area contributed by atoms with Crippen LogP contribution in [0.1, 0.15) is 31.7 Å². The highest BCUT2D eigenvalue weighted by molar-refractivity contribution is 5.87. The van der Waals surface area contributed by atoms with Crippen LogP contribution in [0, 0.1) is 0 Å². The third-order valence-corrected chi connectivity index (χ3v) is 4.75. The Labute approximate surface area is 147 Å². The summed E-state index contributed by atoms with van der Waals surface area (Å²) in [6.45, 7) is 2.09. The summed E-state index contributed by atoms with van der Waals surface area (Å²) in [6.07, 6.45) is 1.88. The first-order chi connectivity index (χ1) is 11.9. The molecule has 0 aromatic heterocycles. The Kier molecular flexibility index (Phi) is 5.77. The SMILES string of the molecule is COc1cc(CCC(=O)N2CCCC2(C)C(=O)O)cc(OC)c1OC. The Morgan fingerprint density at radius 2 is 1.76 bits per heavy atom. The summed E-state index contributed by atoms with van der Waals surface area (Å²) in [6, 6.07) is 3.60. The van der Waals surface area contributed by atoms with Gasteiger partial charge in [-0.05, 0) is 43.9 Å². The maximum Gasteiger partial charge on any atom is 0.329 e. The van der Waals surface area contributed by atoms with Gasteiger partial charge >= 0.3 is 5.97 Å². The molecule has 1 aliphatic heterocycles. The second kappa shape index (κ2) is 7.63. The number of hydrogen-bond donors (Lipinski definition) is 1. The van der Waals surface area contributed by atoms with Crippen LogP contribution in [0.4, 0.5) is 0 Å². The van der Waals surface area contributed by atoms with Gasteiger partial charge in [-0.1, -0.05) is 0 Å². The molecule has 1 heterocycles. The first-order valence-corrected chi connectivity index (χ1v) is 8.20. The van der Waals surface area contributed by atoms with Crippen molar-refractivity contribution in [1.82, 2.24) is 4.90 Å². The second-order valence-electron chi connectivity index (χ2n) is 6.26. The highest BCUT2D eigenvalue weighted by atomic mass is 16.5. The second-order valence-corrected chi connectivity index (χ2v) is 6.26. The number of likely N-dealkylation sites (tertiary alicyclic amines) is 1. The van der Waals surface area contributed by atoms with Crippen LogP contribution in [0.2, 0.25) is 0 Å². The monoisotopic (exact) mass is 351 g/mol. The lowest BCUT2D eigenvalue weighted by molar-refractivity contribution is -0.155. The number of rotatable bonds is 7. The van der Waals surface area contributed by atoms with E-state index in [0.717, 1.165) is 5.56 Å².